The summed E-state index contributed by atoms with van der Waals surface area (Å²) in [5, 5.41) is 20.5. The van der Waals surface area contributed by atoms with Gasteiger partial charge in [-0.3, -0.25) is 24.0 Å². The van der Waals surface area contributed by atoms with E-state index in [-0.39, 0.29) is 35.9 Å². The highest BCUT2D eigenvalue weighted by Gasteiger charge is 2.23. The third-order valence-electron chi connectivity index (χ3n) is 9.73. The number of amides is 1. The Kier molecular flexibility index (Phi) is 9.38. The van der Waals surface area contributed by atoms with Crippen molar-refractivity contribution in [3.8, 4) is 17.0 Å². The van der Waals surface area contributed by atoms with Crippen LogP contribution in [0.15, 0.2) is 107 Å². The number of nitrogens with zero attached hydrogens (tertiary/aromatic N) is 7. The highest BCUT2D eigenvalue weighted by atomic mass is 19.1. The van der Waals surface area contributed by atoms with Crippen LogP contribution >= 0.6 is 0 Å². The third-order valence-corrected chi connectivity index (χ3v) is 9.73. The number of rotatable bonds is 10. The fraction of sp³-hybridized carbons (Fsp3) is 0.225. The molecule has 7 aromatic rings. The molecule has 14 heteroatoms. The van der Waals surface area contributed by atoms with Crippen molar-refractivity contribution in [3.05, 3.63) is 141 Å². The zero-order valence-corrected chi connectivity index (χ0v) is 29.4. The molecule has 54 heavy (non-hydrogen) atoms. The van der Waals surface area contributed by atoms with Gasteiger partial charge in [0, 0.05) is 73.1 Å². The highest BCUT2D eigenvalue weighted by molar-refractivity contribution is 5.95. The summed E-state index contributed by atoms with van der Waals surface area (Å²) in [7, 11) is 1.83. The molecule has 2 N–H and O–H groups in total. The van der Waals surface area contributed by atoms with Gasteiger partial charge in [-0.05, 0) is 66.9 Å². The predicted octanol–water partition coefficient (Wildman–Crippen LogP) is 4.64. The first-order valence-electron chi connectivity index (χ1n) is 17.7. The molecule has 0 bridgehead atoms. The Morgan fingerprint density at radius 1 is 0.981 bits per heavy atom. The Hall–Kier alpha value is -6.70. The number of piperidine rings is 1. The van der Waals surface area contributed by atoms with E-state index in [0.29, 0.717) is 65.8 Å². The fourth-order valence-electron chi connectivity index (χ4n) is 6.89. The number of pyridine rings is 1. The number of halogens is 1. The maximum atomic E-state index is 14.9. The summed E-state index contributed by atoms with van der Waals surface area (Å²) in [5.74, 6) is -0.402. The molecule has 5 heterocycles. The molecular weight excluding hydrogens is 689 g/mol. The van der Waals surface area contributed by atoms with Gasteiger partial charge in [0.05, 0.1) is 40.6 Å². The van der Waals surface area contributed by atoms with Gasteiger partial charge in [-0.15, -0.1) is 0 Å². The van der Waals surface area contributed by atoms with Crippen molar-refractivity contribution in [2.45, 2.75) is 31.8 Å². The Balaban J connectivity index is 0.878. The van der Waals surface area contributed by atoms with Gasteiger partial charge in [0.15, 0.2) is 0 Å². The zero-order chi connectivity index (χ0) is 37.2. The second-order valence-corrected chi connectivity index (χ2v) is 13.3. The number of carbonyl (C=O) groups is 1. The van der Waals surface area contributed by atoms with Crippen molar-refractivity contribution in [1.29, 1.82) is 0 Å². The summed E-state index contributed by atoms with van der Waals surface area (Å²) in [5.41, 5.74) is 4.08. The SMILES string of the molecule is Cn1cc(-c2ccc(=O)n(CCOc3ccnc4cc(N5CCC(NC(=O)c6cc(Cc7n[nH]c(=O)c8ccccc78)ccc6F)CC5)ccc34)n2)cn1. The molecule has 0 unspecified atom stereocenters. The van der Waals surface area contributed by atoms with Crippen molar-refractivity contribution >= 4 is 33.3 Å². The highest BCUT2D eigenvalue weighted by Crippen LogP contribution is 2.29. The molecule has 1 aliphatic rings. The minimum atomic E-state index is -0.597. The van der Waals surface area contributed by atoms with E-state index < -0.39 is 11.7 Å². The average molecular weight is 726 g/mol. The van der Waals surface area contributed by atoms with Gasteiger partial charge >= 0.3 is 0 Å². The lowest BCUT2D eigenvalue weighted by atomic mass is 10.0. The van der Waals surface area contributed by atoms with Crippen LogP contribution in [0.1, 0.15) is 34.5 Å². The maximum absolute atomic E-state index is 14.9. The Morgan fingerprint density at radius 3 is 2.63 bits per heavy atom. The maximum Gasteiger partial charge on any atom is 0.272 e. The topological polar surface area (TPSA) is 153 Å². The average Bonchev–Trinajstić information content (AvgIpc) is 3.63. The van der Waals surface area contributed by atoms with E-state index in [1.54, 1.807) is 53.5 Å². The largest absolute Gasteiger partial charge is 0.491 e. The van der Waals surface area contributed by atoms with Gasteiger partial charge in [-0.25, -0.2) is 14.2 Å². The lowest BCUT2D eigenvalue weighted by Gasteiger charge is -2.34. The molecule has 8 rings (SSSR count). The first kappa shape index (κ1) is 34.4. The van der Waals surface area contributed by atoms with Crippen LogP contribution in [0, 0.1) is 5.82 Å². The minimum absolute atomic E-state index is 0.0242. The second kappa shape index (κ2) is 14.7. The lowest BCUT2D eigenvalue weighted by molar-refractivity contribution is 0.0927. The van der Waals surface area contributed by atoms with E-state index >= 15 is 0 Å². The van der Waals surface area contributed by atoms with Crippen LogP contribution in [0.5, 0.6) is 5.75 Å². The van der Waals surface area contributed by atoms with Gasteiger partial charge in [0.25, 0.3) is 17.0 Å². The fourth-order valence-corrected chi connectivity index (χ4v) is 6.89. The summed E-state index contributed by atoms with van der Waals surface area (Å²) >= 11 is 0. The number of benzene rings is 3. The van der Waals surface area contributed by atoms with E-state index in [1.165, 1.54) is 16.8 Å². The van der Waals surface area contributed by atoms with Crippen LogP contribution in [0.25, 0.3) is 32.9 Å². The van der Waals surface area contributed by atoms with E-state index in [2.05, 4.69) is 35.6 Å². The number of hydrogen-bond donors (Lipinski definition) is 2. The minimum Gasteiger partial charge on any atom is -0.491 e. The Labute approximate surface area is 308 Å². The third kappa shape index (κ3) is 7.18. The van der Waals surface area contributed by atoms with Crippen LogP contribution in [0.2, 0.25) is 0 Å². The van der Waals surface area contributed by atoms with Crippen molar-refractivity contribution < 1.29 is 13.9 Å². The number of H-pyrrole nitrogens is 1. The van der Waals surface area contributed by atoms with Crippen LogP contribution in [-0.2, 0) is 20.0 Å². The van der Waals surface area contributed by atoms with Gasteiger partial charge in [-0.2, -0.15) is 15.3 Å². The molecule has 272 valence electrons. The number of aryl methyl sites for hydroxylation is 1. The molecule has 1 amide bonds. The number of anilines is 1. The van der Waals surface area contributed by atoms with E-state index in [1.807, 2.05) is 43.6 Å². The molecule has 0 saturated carbocycles. The molecule has 3 aromatic carbocycles. The molecule has 0 radical (unpaired) electrons. The summed E-state index contributed by atoms with van der Waals surface area (Å²) in [6.45, 7) is 1.89. The van der Waals surface area contributed by atoms with E-state index in [9.17, 15) is 18.8 Å². The summed E-state index contributed by atoms with van der Waals surface area (Å²) in [6.07, 6.45) is 6.94. The van der Waals surface area contributed by atoms with Gasteiger partial charge in [0.1, 0.15) is 18.2 Å². The number of aromatic amines is 1. The molecule has 13 nitrogen and oxygen atoms in total. The molecule has 4 aromatic heterocycles. The first-order valence-corrected chi connectivity index (χ1v) is 17.7. The van der Waals surface area contributed by atoms with Crippen molar-refractivity contribution in [2.75, 3.05) is 24.6 Å². The molecule has 0 spiro atoms. The van der Waals surface area contributed by atoms with Crippen LogP contribution < -0.4 is 26.1 Å². The first-order chi connectivity index (χ1) is 26.3. The van der Waals surface area contributed by atoms with E-state index in [4.69, 9.17) is 4.74 Å². The van der Waals surface area contributed by atoms with Crippen molar-refractivity contribution in [1.82, 2.24) is 40.1 Å². The zero-order valence-electron chi connectivity index (χ0n) is 29.4. The van der Waals surface area contributed by atoms with Crippen LogP contribution in [0.3, 0.4) is 0 Å². The second-order valence-electron chi connectivity index (χ2n) is 13.3. The predicted molar refractivity (Wildman–Crippen MR) is 202 cm³/mol. The standard InChI is InChI=1S/C40H36FN9O4/c1-48-24-26(23-43-48)34-10-11-38(51)50(47-34)18-19-54-37-12-15-42-35-22-28(7-8-31(35)37)49-16-13-27(14-17-49)44-39(52)32-20-25(6-9-33(32)41)21-36-29-4-2-3-5-30(29)40(53)46-45-36/h2-12,15,20,22-24,27H,13-14,16-19,21H2,1H3,(H,44,52)(H,46,53). The van der Waals surface area contributed by atoms with E-state index in [0.717, 1.165) is 22.2 Å². The van der Waals surface area contributed by atoms with Crippen LogP contribution in [-0.4, -0.2) is 66.4 Å². The Bertz CT molecular complexity index is 2630. The normalized spacial score (nSPS) is 13.4. The summed E-state index contributed by atoms with van der Waals surface area (Å²) in [4.78, 5) is 44.8. The van der Waals surface area contributed by atoms with Gasteiger partial charge in [-0.1, -0.05) is 24.3 Å². The van der Waals surface area contributed by atoms with Gasteiger partial charge < -0.3 is 15.0 Å². The number of hydrogen-bond acceptors (Lipinski definition) is 9. The number of ether oxygens (including phenoxy) is 1. The van der Waals surface area contributed by atoms with Gasteiger partial charge in [0.2, 0.25) is 0 Å². The molecule has 0 atom stereocenters. The number of nitrogens with one attached hydrogen (secondary N) is 2. The lowest BCUT2D eigenvalue weighted by Crippen LogP contribution is -2.44. The van der Waals surface area contributed by atoms with Crippen molar-refractivity contribution in [2.24, 2.45) is 7.05 Å². The monoisotopic (exact) mass is 725 g/mol. The number of fused-ring (bicyclic) bond motifs is 2. The smallest absolute Gasteiger partial charge is 0.272 e. The molecule has 1 aliphatic heterocycles. The quantitative estimate of drug-likeness (QED) is 0.206. The molecule has 1 fully saturated rings. The number of carbonyl (C=O) groups excluding carboxylic acids is 1. The Morgan fingerprint density at radius 2 is 1.81 bits per heavy atom. The molecular formula is C40H36FN9O4. The number of aromatic nitrogens is 7. The summed E-state index contributed by atoms with van der Waals surface area (Å²) in [6, 6.07) is 22.6. The summed E-state index contributed by atoms with van der Waals surface area (Å²) < 4.78 is 24.1. The van der Waals surface area contributed by atoms with Crippen molar-refractivity contribution in [3.63, 3.8) is 0 Å². The molecule has 0 aliphatic carbocycles. The van der Waals surface area contributed by atoms with Crippen LogP contribution in [0.4, 0.5) is 10.1 Å². The molecule has 1 saturated heterocycles.